The first-order valence-corrected chi connectivity index (χ1v) is 6.14. The predicted molar refractivity (Wildman–Crippen MR) is 65.8 cm³/mol. The molecule has 0 fully saturated rings. The molecule has 0 bridgehead atoms. The van der Waals surface area contributed by atoms with Gasteiger partial charge in [-0.2, -0.15) is 0 Å². The summed E-state index contributed by atoms with van der Waals surface area (Å²) in [5.74, 6) is -0.387. The molecule has 0 aromatic carbocycles. The zero-order valence-corrected chi connectivity index (χ0v) is 10.4. The number of aromatic carboxylic acids is 1. The molecule has 2 rings (SSSR count). The maximum absolute atomic E-state index is 12.1. The van der Waals surface area contributed by atoms with E-state index in [1.807, 2.05) is 6.92 Å². The fraction of sp³-hybridized carbons (Fsp3) is 0.364. The highest BCUT2D eigenvalue weighted by Crippen LogP contribution is 2.21. The van der Waals surface area contributed by atoms with Crippen LogP contribution in [0.3, 0.4) is 0 Å². The topological polar surface area (TPSA) is 72.2 Å². The van der Waals surface area contributed by atoms with E-state index in [1.54, 1.807) is 7.05 Å². The van der Waals surface area contributed by atoms with E-state index >= 15 is 0 Å². The van der Waals surface area contributed by atoms with Gasteiger partial charge in [-0.1, -0.05) is 6.92 Å². The molecule has 2 aromatic rings. The Kier molecular flexibility index (Phi) is 2.97. The number of rotatable bonds is 3. The van der Waals surface area contributed by atoms with E-state index in [-0.39, 0.29) is 16.5 Å². The van der Waals surface area contributed by atoms with Crippen molar-refractivity contribution < 1.29 is 9.90 Å². The number of aromatic nitrogens is 2. The van der Waals surface area contributed by atoms with Crippen molar-refractivity contribution >= 4 is 27.5 Å². The number of carboxylic acids is 1. The summed E-state index contributed by atoms with van der Waals surface area (Å²) in [5, 5.41) is 10.7. The SMILES string of the molecule is CCCc1nc2scc(C(=O)O)c2c(=O)n1C. The largest absolute Gasteiger partial charge is 0.478 e. The number of fused-ring (bicyclic) bond motifs is 1. The number of hydrogen-bond donors (Lipinski definition) is 1. The van der Waals surface area contributed by atoms with Gasteiger partial charge < -0.3 is 5.11 Å². The highest BCUT2D eigenvalue weighted by molar-refractivity contribution is 7.17. The van der Waals surface area contributed by atoms with E-state index in [0.717, 1.165) is 6.42 Å². The van der Waals surface area contributed by atoms with Gasteiger partial charge in [0.2, 0.25) is 0 Å². The fourth-order valence-corrected chi connectivity index (χ4v) is 2.64. The number of aryl methyl sites for hydroxylation is 1. The summed E-state index contributed by atoms with van der Waals surface area (Å²) in [6.45, 7) is 2.01. The zero-order valence-electron chi connectivity index (χ0n) is 9.56. The highest BCUT2D eigenvalue weighted by atomic mass is 32.1. The third kappa shape index (κ3) is 1.84. The maximum Gasteiger partial charge on any atom is 0.337 e. The summed E-state index contributed by atoms with van der Waals surface area (Å²) in [6.07, 6.45) is 1.60. The van der Waals surface area contributed by atoms with E-state index < -0.39 is 5.97 Å². The first-order chi connectivity index (χ1) is 8.06. The molecule has 0 aliphatic carbocycles. The Hall–Kier alpha value is -1.69. The van der Waals surface area contributed by atoms with Crippen LogP contribution in [0, 0.1) is 0 Å². The Balaban J connectivity index is 2.79. The second-order valence-electron chi connectivity index (χ2n) is 3.78. The first kappa shape index (κ1) is 11.8. The van der Waals surface area contributed by atoms with Crippen molar-refractivity contribution in [1.82, 2.24) is 9.55 Å². The molecule has 17 heavy (non-hydrogen) atoms. The van der Waals surface area contributed by atoms with Crippen LogP contribution in [0.2, 0.25) is 0 Å². The molecule has 2 heterocycles. The second-order valence-corrected chi connectivity index (χ2v) is 4.63. The van der Waals surface area contributed by atoms with Gasteiger partial charge in [0.1, 0.15) is 10.7 Å². The minimum absolute atomic E-state index is 0.0427. The molecule has 0 aliphatic heterocycles. The Labute approximate surface area is 101 Å². The van der Waals surface area contributed by atoms with Crippen LogP contribution in [0.25, 0.3) is 10.2 Å². The van der Waals surface area contributed by atoms with Gasteiger partial charge in [-0.05, 0) is 6.42 Å². The van der Waals surface area contributed by atoms with Crippen LogP contribution in [-0.4, -0.2) is 20.6 Å². The number of carbonyl (C=O) groups is 1. The lowest BCUT2D eigenvalue weighted by molar-refractivity contribution is 0.0699. The van der Waals surface area contributed by atoms with E-state index in [9.17, 15) is 9.59 Å². The summed E-state index contributed by atoms with van der Waals surface area (Å²) in [7, 11) is 1.63. The van der Waals surface area contributed by atoms with Crippen molar-refractivity contribution in [3.8, 4) is 0 Å². The minimum Gasteiger partial charge on any atom is -0.478 e. The molecule has 1 N–H and O–H groups in total. The van der Waals surface area contributed by atoms with Gasteiger partial charge in [-0.15, -0.1) is 11.3 Å². The Morgan fingerprint density at radius 1 is 1.59 bits per heavy atom. The average Bonchev–Trinajstić information content (AvgIpc) is 2.69. The first-order valence-electron chi connectivity index (χ1n) is 5.26. The lowest BCUT2D eigenvalue weighted by atomic mass is 10.2. The average molecular weight is 252 g/mol. The molecule has 0 atom stereocenters. The van der Waals surface area contributed by atoms with Crippen LogP contribution in [0.5, 0.6) is 0 Å². The fourth-order valence-electron chi connectivity index (χ4n) is 1.72. The molecule has 0 saturated heterocycles. The molecule has 0 unspecified atom stereocenters. The third-order valence-electron chi connectivity index (χ3n) is 2.61. The second kappa shape index (κ2) is 4.29. The summed E-state index contributed by atoms with van der Waals surface area (Å²) in [6, 6.07) is 0. The lowest BCUT2D eigenvalue weighted by Crippen LogP contribution is -2.22. The molecule has 90 valence electrons. The third-order valence-corrected chi connectivity index (χ3v) is 3.48. The summed E-state index contributed by atoms with van der Waals surface area (Å²) < 4.78 is 1.44. The van der Waals surface area contributed by atoms with Gasteiger partial charge in [-0.25, -0.2) is 9.78 Å². The number of nitrogens with zero attached hydrogens (tertiary/aromatic N) is 2. The highest BCUT2D eigenvalue weighted by Gasteiger charge is 2.17. The Morgan fingerprint density at radius 2 is 2.29 bits per heavy atom. The maximum atomic E-state index is 12.1. The van der Waals surface area contributed by atoms with Crippen LogP contribution in [-0.2, 0) is 13.5 Å². The molecular weight excluding hydrogens is 240 g/mol. The van der Waals surface area contributed by atoms with Crippen LogP contribution < -0.4 is 5.56 Å². The van der Waals surface area contributed by atoms with Crippen molar-refractivity contribution in [2.75, 3.05) is 0 Å². The minimum atomic E-state index is -1.08. The van der Waals surface area contributed by atoms with Crippen LogP contribution in [0.4, 0.5) is 0 Å². The van der Waals surface area contributed by atoms with E-state index in [1.165, 1.54) is 21.3 Å². The quantitative estimate of drug-likeness (QED) is 0.901. The Bertz CT molecular complexity index is 642. The molecule has 0 saturated carbocycles. The van der Waals surface area contributed by atoms with E-state index in [4.69, 9.17) is 5.11 Å². The molecule has 0 radical (unpaired) electrons. The zero-order chi connectivity index (χ0) is 12.6. The predicted octanol–water partition coefficient (Wildman–Crippen LogP) is 1.65. The molecule has 2 aromatic heterocycles. The lowest BCUT2D eigenvalue weighted by Gasteiger charge is -2.05. The smallest absolute Gasteiger partial charge is 0.337 e. The summed E-state index contributed by atoms with van der Waals surface area (Å²) >= 11 is 1.20. The standard InChI is InChI=1S/C11H12N2O3S/c1-3-4-7-12-9-8(10(14)13(7)2)6(5-17-9)11(15)16/h5H,3-4H2,1-2H3,(H,15,16). The Morgan fingerprint density at radius 3 is 2.88 bits per heavy atom. The molecule has 0 spiro atoms. The molecular formula is C11H12N2O3S. The van der Waals surface area contributed by atoms with E-state index in [0.29, 0.717) is 17.1 Å². The molecule has 6 heteroatoms. The summed E-state index contributed by atoms with van der Waals surface area (Å²) in [5.41, 5.74) is -0.238. The monoisotopic (exact) mass is 252 g/mol. The van der Waals surface area contributed by atoms with Gasteiger partial charge >= 0.3 is 5.97 Å². The van der Waals surface area contributed by atoms with Gasteiger partial charge in [0, 0.05) is 18.8 Å². The van der Waals surface area contributed by atoms with Crippen molar-refractivity contribution in [1.29, 1.82) is 0 Å². The normalized spacial score (nSPS) is 10.9. The van der Waals surface area contributed by atoms with Gasteiger partial charge in [0.25, 0.3) is 5.56 Å². The van der Waals surface area contributed by atoms with Crippen LogP contribution >= 0.6 is 11.3 Å². The van der Waals surface area contributed by atoms with Crippen LogP contribution in [0.15, 0.2) is 10.2 Å². The van der Waals surface area contributed by atoms with Gasteiger partial charge in [0.05, 0.1) is 10.9 Å². The van der Waals surface area contributed by atoms with Gasteiger partial charge in [0.15, 0.2) is 0 Å². The number of thiophene rings is 1. The molecule has 5 nitrogen and oxygen atoms in total. The van der Waals surface area contributed by atoms with Gasteiger partial charge in [-0.3, -0.25) is 9.36 Å². The van der Waals surface area contributed by atoms with Crippen molar-refractivity contribution in [3.05, 3.63) is 27.1 Å². The van der Waals surface area contributed by atoms with Crippen molar-refractivity contribution in [2.24, 2.45) is 7.05 Å². The number of hydrogen-bond acceptors (Lipinski definition) is 4. The van der Waals surface area contributed by atoms with E-state index in [2.05, 4.69) is 4.98 Å². The molecule has 0 aliphatic rings. The van der Waals surface area contributed by atoms with Crippen molar-refractivity contribution in [2.45, 2.75) is 19.8 Å². The molecule has 0 amide bonds. The summed E-state index contributed by atoms with van der Waals surface area (Å²) in [4.78, 5) is 27.9. The van der Waals surface area contributed by atoms with Crippen LogP contribution in [0.1, 0.15) is 29.5 Å². The number of carboxylic acid groups (broad SMARTS) is 1. The van der Waals surface area contributed by atoms with Crippen molar-refractivity contribution in [3.63, 3.8) is 0 Å².